The number of nitrogens with zero attached hydrogens (tertiary/aromatic N) is 6. The minimum absolute atomic E-state index is 0.282. The second-order valence-electron chi connectivity index (χ2n) is 8.00. The zero-order valence-electron chi connectivity index (χ0n) is 17.5. The van der Waals surface area contributed by atoms with Crippen LogP contribution in [0.2, 0.25) is 0 Å². The number of amides is 1. The molecule has 0 aliphatic carbocycles. The number of carbonyl (C=O) groups is 1. The van der Waals surface area contributed by atoms with Crippen molar-refractivity contribution in [2.75, 3.05) is 50.7 Å². The number of piperazine rings is 1. The first-order valence-electron chi connectivity index (χ1n) is 10.6. The summed E-state index contributed by atoms with van der Waals surface area (Å²) in [4.78, 5) is 33.1. The monoisotopic (exact) mass is 394 g/mol. The largest absolute Gasteiger partial charge is 0.354 e. The Morgan fingerprint density at radius 2 is 1.72 bits per heavy atom. The zero-order chi connectivity index (χ0) is 20.2. The van der Waals surface area contributed by atoms with Crippen molar-refractivity contribution >= 4 is 11.7 Å². The number of rotatable bonds is 4. The maximum atomic E-state index is 12.6. The van der Waals surface area contributed by atoms with Gasteiger partial charge in [-0.2, -0.15) is 0 Å². The summed E-state index contributed by atoms with van der Waals surface area (Å²) in [7, 11) is 0. The fourth-order valence-electron chi connectivity index (χ4n) is 4.08. The molecular weight excluding hydrogens is 364 g/mol. The molecule has 29 heavy (non-hydrogen) atoms. The summed E-state index contributed by atoms with van der Waals surface area (Å²) in [5, 5.41) is 0. The molecule has 0 bridgehead atoms. The summed E-state index contributed by atoms with van der Waals surface area (Å²) < 4.78 is 0. The molecule has 2 fully saturated rings. The molecule has 7 nitrogen and oxygen atoms in total. The molecule has 154 valence electrons. The maximum absolute atomic E-state index is 12.6. The van der Waals surface area contributed by atoms with Crippen molar-refractivity contribution in [1.29, 1.82) is 0 Å². The predicted octanol–water partition coefficient (Wildman–Crippen LogP) is 2.29. The van der Waals surface area contributed by atoms with E-state index >= 15 is 0 Å². The highest BCUT2D eigenvalue weighted by Gasteiger charge is 2.25. The molecule has 1 amide bonds. The molecule has 2 aromatic heterocycles. The second-order valence-corrected chi connectivity index (χ2v) is 8.00. The fraction of sp³-hybridized carbons (Fsp3) is 0.545. The molecule has 7 heteroatoms. The smallest absolute Gasteiger partial charge is 0.236 e. The lowest BCUT2D eigenvalue weighted by Crippen LogP contribution is -2.51. The normalized spacial score (nSPS) is 18.1. The quantitative estimate of drug-likeness (QED) is 0.793. The minimum Gasteiger partial charge on any atom is -0.354 e. The average Bonchev–Trinajstić information content (AvgIpc) is 2.77. The lowest BCUT2D eigenvalue weighted by Gasteiger charge is -2.37. The van der Waals surface area contributed by atoms with Crippen LogP contribution >= 0.6 is 0 Å². The number of pyridine rings is 1. The van der Waals surface area contributed by atoms with Crippen LogP contribution in [-0.4, -0.2) is 76.5 Å². The fourth-order valence-corrected chi connectivity index (χ4v) is 4.08. The number of aryl methyl sites for hydroxylation is 1. The second kappa shape index (κ2) is 8.86. The van der Waals surface area contributed by atoms with E-state index in [-0.39, 0.29) is 5.91 Å². The summed E-state index contributed by atoms with van der Waals surface area (Å²) in [6.07, 6.45) is 5.31. The van der Waals surface area contributed by atoms with Crippen molar-refractivity contribution in [2.24, 2.45) is 0 Å². The van der Waals surface area contributed by atoms with E-state index < -0.39 is 0 Å². The van der Waals surface area contributed by atoms with Crippen LogP contribution in [0, 0.1) is 13.8 Å². The van der Waals surface area contributed by atoms with Crippen LogP contribution in [0.4, 0.5) is 5.82 Å². The number of likely N-dealkylation sites (tertiary alicyclic amines) is 1. The standard InChI is InChI=1S/C22H30N6O/c1-17-18(2)24-21(19-8-4-5-9-23-19)25-22(17)28-14-12-26(13-15-28)16-20(29)27-10-6-3-7-11-27/h4-5,8-9H,3,6-7,10-16H2,1-2H3. The lowest BCUT2D eigenvalue weighted by molar-refractivity contribution is -0.133. The highest BCUT2D eigenvalue weighted by molar-refractivity contribution is 5.78. The van der Waals surface area contributed by atoms with Gasteiger partial charge in [-0.05, 0) is 45.2 Å². The Kier molecular flexibility index (Phi) is 6.04. The Bertz CT molecular complexity index is 842. The van der Waals surface area contributed by atoms with Crippen molar-refractivity contribution in [3.05, 3.63) is 35.7 Å². The van der Waals surface area contributed by atoms with Gasteiger partial charge < -0.3 is 9.80 Å². The van der Waals surface area contributed by atoms with E-state index in [4.69, 9.17) is 4.98 Å². The zero-order valence-corrected chi connectivity index (χ0v) is 17.5. The van der Waals surface area contributed by atoms with Crippen LogP contribution in [0.15, 0.2) is 24.4 Å². The van der Waals surface area contributed by atoms with Crippen LogP contribution < -0.4 is 4.90 Å². The molecule has 0 N–H and O–H groups in total. The van der Waals surface area contributed by atoms with E-state index in [2.05, 4.69) is 26.7 Å². The number of piperidine rings is 1. The highest BCUT2D eigenvalue weighted by atomic mass is 16.2. The summed E-state index contributed by atoms with van der Waals surface area (Å²) in [6.45, 7) is 9.98. The van der Waals surface area contributed by atoms with Gasteiger partial charge in [0.05, 0.1) is 6.54 Å². The third kappa shape index (κ3) is 4.56. The number of hydrogen-bond acceptors (Lipinski definition) is 6. The van der Waals surface area contributed by atoms with Crippen molar-refractivity contribution < 1.29 is 4.79 Å². The van der Waals surface area contributed by atoms with Crippen LogP contribution in [0.5, 0.6) is 0 Å². The van der Waals surface area contributed by atoms with Crippen LogP contribution in [0.1, 0.15) is 30.5 Å². The van der Waals surface area contributed by atoms with E-state index in [0.29, 0.717) is 12.4 Å². The molecule has 0 spiro atoms. The van der Waals surface area contributed by atoms with Gasteiger partial charge in [-0.1, -0.05) is 6.07 Å². The maximum Gasteiger partial charge on any atom is 0.236 e. The molecule has 2 aliphatic heterocycles. The number of hydrogen-bond donors (Lipinski definition) is 0. The van der Waals surface area contributed by atoms with E-state index in [1.807, 2.05) is 30.0 Å². The summed E-state index contributed by atoms with van der Waals surface area (Å²) in [5.41, 5.74) is 2.89. The van der Waals surface area contributed by atoms with Crippen molar-refractivity contribution in [3.63, 3.8) is 0 Å². The van der Waals surface area contributed by atoms with Crippen molar-refractivity contribution in [3.8, 4) is 11.5 Å². The number of aromatic nitrogens is 3. The Balaban J connectivity index is 1.41. The van der Waals surface area contributed by atoms with Gasteiger partial charge in [0.25, 0.3) is 0 Å². The third-order valence-electron chi connectivity index (χ3n) is 6.00. The van der Waals surface area contributed by atoms with Gasteiger partial charge in [0.15, 0.2) is 5.82 Å². The van der Waals surface area contributed by atoms with Gasteiger partial charge in [-0.3, -0.25) is 14.7 Å². The van der Waals surface area contributed by atoms with Crippen molar-refractivity contribution in [1.82, 2.24) is 24.8 Å². The molecule has 4 heterocycles. The van der Waals surface area contributed by atoms with Crippen LogP contribution in [0.3, 0.4) is 0 Å². The molecule has 4 rings (SSSR count). The Hall–Kier alpha value is -2.54. The molecule has 0 radical (unpaired) electrons. The Morgan fingerprint density at radius 1 is 0.966 bits per heavy atom. The van der Waals surface area contributed by atoms with Crippen LogP contribution in [0.25, 0.3) is 11.5 Å². The topological polar surface area (TPSA) is 65.5 Å². The van der Waals surface area contributed by atoms with E-state index in [0.717, 1.165) is 74.9 Å². The SMILES string of the molecule is Cc1nc(-c2ccccn2)nc(N2CCN(CC(=O)N3CCCCC3)CC2)c1C. The minimum atomic E-state index is 0.282. The molecule has 0 atom stereocenters. The first-order valence-corrected chi connectivity index (χ1v) is 10.6. The number of anilines is 1. The average molecular weight is 395 g/mol. The van der Waals surface area contributed by atoms with E-state index in [1.165, 1.54) is 6.42 Å². The molecule has 0 saturated carbocycles. The lowest BCUT2D eigenvalue weighted by atomic mass is 10.1. The Morgan fingerprint density at radius 3 is 2.41 bits per heavy atom. The molecule has 2 aliphatic rings. The first kappa shape index (κ1) is 19.8. The van der Waals surface area contributed by atoms with Gasteiger partial charge in [-0.15, -0.1) is 0 Å². The summed E-state index contributed by atoms with van der Waals surface area (Å²) in [5.74, 6) is 1.94. The van der Waals surface area contributed by atoms with Gasteiger partial charge >= 0.3 is 0 Å². The Labute approximate surface area is 172 Å². The van der Waals surface area contributed by atoms with Crippen LogP contribution in [-0.2, 0) is 4.79 Å². The van der Waals surface area contributed by atoms with E-state index in [1.54, 1.807) is 6.20 Å². The first-order chi connectivity index (χ1) is 14.1. The van der Waals surface area contributed by atoms with Gasteiger partial charge in [0.1, 0.15) is 11.5 Å². The molecule has 2 saturated heterocycles. The van der Waals surface area contributed by atoms with Gasteiger partial charge in [0.2, 0.25) is 5.91 Å². The molecule has 0 aromatic carbocycles. The molecule has 0 unspecified atom stereocenters. The van der Waals surface area contributed by atoms with Gasteiger partial charge in [-0.25, -0.2) is 9.97 Å². The van der Waals surface area contributed by atoms with Gasteiger partial charge in [0, 0.05) is 56.7 Å². The summed E-state index contributed by atoms with van der Waals surface area (Å²) in [6, 6.07) is 5.80. The number of carbonyl (C=O) groups excluding carboxylic acids is 1. The summed E-state index contributed by atoms with van der Waals surface area (Å²) >= 11 is 0. The van der Waals surface area contributed by atoms with E-state index in [9.17, 15) is 4.79 Å². The molecular formula is C22H30N6O. The molecule has 2 aromatic rings. The third-order valence-corrected chi connectivity index (χ3v) is 6.00. The highest BCUT2D eigenvalue weighted by Crippen LogP contribution is 2.24. The predicted molar refractivity (Wildman–Crippen MR) is 114 cm³/mol. The van der Waals surface area contributed by atoms with Crippen molar-refractivity contribution in [2.45, 2.75) is 33.1 Å².